The van der Waals surface area contributed by atoms with Gasteiger partial charge in [0, 0.05) is 12.0 Å². The van der Waals surface area contributed by atoms with E-state index >= 15 is 0 Å². The lowest BCUT2D eigenvalue weighted by atomic mass is 9.90. The molecule has 116 valence electrons. The van der Waals surface area contributed by atoms with E-state index in [-0.39, 0.29) is 18.5 Å². The van der Waals surface area contributed by atoms with Gasteiger partial charge in [-0.05, 0) is 31.2 Å². The first kappa shape index (κ1) is 15.0. The first-order valence-electron chi connectivity index (χ1n) is 8.06. The van der Waals surface area contributed by atoms with Crippen LogP contribution in [0.2, 0.25) is 0 Å². The molecule has 0 saturated carbocycles. The third kappa shape index (κ3) is 3.66. The summed E-state index contributed by atoms with van der Waals surface area (Å²) >= 11 is 0. The number of rotatable bonds is 3. The molecule has 2 atom stereocenters. The maximum absolute atomic E-state index is 11.7. The molecule has 3 nitrogen and oxygen atoms in total. The first-order chi connectivity index (χ1) is 10.7. The Kier molecular flexibility index (Phi) is 4.74. The third-order valence-electron chi connectivity index (χ3n) is 4.28. The zero-order valence-corrected chi connectivity index (χ0v) is 12.7. The van der Waals surface area contributed by atoms with Crippen LogP contribution in [0.3, 0.4) is 0 Å². The molecule has 3 rings (SSSR count). The van der Waals surface area contributed by atoms with Crippen LogP contribution in [-0.2, 0) is 9.53 Å². The van der Waals surface area contributed by atoms with E-state index < -0.39 is 6.10 Å². The van der Waals surface area contributed by atoms with Gasteiger partial charge in [0.15, 0.2) is 0 Å². The highest BCUT2D eigenvalue weighted by Gasteiger charge is 2.30. The summed E-state index contributed by atoms with van der Waals surface area (Å²) < 4.78 is 5.52. The van der Waals surface area contributed by atoms with Gasteiger partial charge in [-0.2, -0.15) is 0 Å². The van der Waals surface area contributed by atoms with Crippen LogP contribution < -0.4 is 0 Å². The monoisotopic (exact) mass is 298 g/mol. The number of aliphatic hydroxyl groups excluding tert-OH is 1. The average molecular weight is 298 g/mol. The Morgan fingerprint density at radius 1 is 1.23 bits per heavy atom. The highest BCUT2D eigenvalue weighted by atomic mass is 16.5. The lowest BCUT2D eigenvalue weighted by molar-refractivity contribution is -0.155. The third-order valence-corrected chi connectivity index (χ3v) is 4.28. The van der Waals surface area contributed by atoms with Crippen LogP contribution in [0.1, 0.15) is 44.1 Å². The minimum Gasteiger partial charge on any atom is -0.457 e. The number of esters is 1. The average Bonchev–Trinajstić information content (AvgIpc) is 2.53. The molecule has 1 heterocycles. The molecule has 1 aromatic carbocycles. The minimum atomic E-state index is -0.612. The van der Waals surface area contributed by atoms with Crippen molar-refractivity contribution in [2.24, 2.45) is 0 Å². The SMILES string of the molecule is O=C1CC(O)CC(C(=CC2=CCCCC2)c2ccccc2)O1. The summed E-state index contributed by atoms with van der Waals surface area (Å²) in [6.45, 7) is 0. The Morgan fingerprint density at radius 3 is 2.73 bits per heavy atom. The second kappa shape index (κ2) is 6.93. The zero-order chi connectivity index (χ0) is 15.4. The Bertz CT molecular complexity index is 586. The first-order valence-corrected chi connectivity index (χ1v) is 8.06. The molecule has 0 spiro atoms. The van der Waals surface area contributed by atoms with Crippen molar-refractivity contribution in [3.63, 3.8) is 0 Å². The summed E-state index contributed by atoms with van der Waals surface area (Å²) in [5.41, 5.74) is 3.36. The Balaban J connectivity index is 1.94. The van der Waals surface area contributed by atoms with Crippen LogP contribution in [0, 0.1) is 0 Å². The van der Waals surface area contributed by atoms with E-state index in [4.69, 9.17) is 4.74 Å². The van der Waals surface area contributed by atoms with E-state index in [2.05, 4.69) is 12.2 Å². The number of hydrogen-bond acceptors (Lipinski definition) is 3. The van der Waals surface area contributed by atoms with Gasteiger partial charge in [-0.1, -0.05) is 48.1 Å². The quantitative estimate of drug-likeness (QED) is 0.867. The predicted molar refractivity (Wildman–Crippen MR) is 86.1 cm³/mol. The normalized spacial score (nSPS) is 26.3. The van der Waals surface area contributed by atoms with Crippen molar-refractivity contribution in [3.05, 3.63) is 53.6 Å². The second-order valence-corrected chi connectivity index (χ2v) is 6.06. The molecule has 0 aromatic heterocycles. The van der Waals surface area contributed by atoms with Gasteiger partial charge < -0.3 is 9.84 Å². The van der Waals surface area contributed by atoms with Crippen molar-refractivity contribution in [2.45, 2.75) is 50.7 Å². The zero-order valence-electron chi connectivity index (χ0n) is 12.7. The number of allylic oxidation sites excluding steroid dienone is 3. The van der Waals surface area contributed by atoms with Crippen LogP contribution in [0.15, 0.2) is 48.1 Å². The number of carbonyl (C=O) groups excluding carboxylic acids is 1. The smallest absolute Gasteiger partial charge is 0.309 e. The van der Waals surface area contributed by atoms with Gasteiger partial charge in [-0.3, -0.25) is 4.79 Å². The van der Waals surface area contributed by atoms with Gasteiger partial charge in [0.2, 0.25) is 0 Å². The number of aliphatic hydroxyl groups is 1. The van der Waals surface area contributed by atoms with E-state index in [1.165, 1.54) is 18.4 Å². The summed E-state index contributed by atoms with van der Waals surface area (Å²) in [5, 5.41) is 9.91. The molecule has 22 heavy (non-hydrogen) atoms. The van der Waals surface area contributed by atoms with Crippen LogP contribution in [0.5, 0.6) is 0 Å². The lowest BCUT2D eigenvalue weighted by Gasteiger charge is -2.28. The highest BCUT2D eigenvalue weighted by Crippen LogP contribution is 2.31. The standard InChI is InChI=1S/C19H22O3/c20-16-12-18(22-19(21)13-16)17(15-9-5-2-6-10-15)11-14-7-3-1-4-8-14/h2,5-7,9-11,16,18,20H,1,3-4,8,12-13H2. The maximum Gasteiger partial charge on any atom is 0.309 e. The molecule has 1 saturated heterocycles. The largest absolute Gasteiger partial charge is 0.457 e. The van der Waals surface area contributed by atoms with E-state index in [0.717, 1.165) is 24.0 Å². The highest BCUT2D eigenvalue weighted by molar-refractivity contribution is 5.77. The van der Waals surface area contributed by atoms with E-state index in [1.807, 2.05) is 30.3 Å². The topological polar surface area (TPSA) is 46.5 Å². The van der Waals surface area contributed by atoms with Gasteiger partial charge >= 0.3 is 5.97 Å². The molecule has 1 aromatic rings. The van der Waals surface area contributed by atoms with Crippen molar-refractivity contribution in [1.29, 1.82) is 0 Å². The van der Waals surface area contributed by atoms with Crippen molar-refractivity contribution < 1.29 is 14.6 Å². The number of cyclic esters (lactones) is 1. The van der Waals surface area contributed by atoms with Crippen molar-refractivity contribution in [1.82, 2.24) is 0 Å². The fourth-order valence-corrected chi connectivity index (χ4v) is 3.15. The van der Waals surface area contributed by atoms with Crippen LogP contribution in [-0.4, -0.2) is 23.3 Å². The predicted octanol–water partition coefficient (Wildman–Crippen LogP) is 3.64. The van der Waals surface area contributed by atoms with E-state index in [1.54, 1.807) is 0 Å². The van der Waals surface area contributed by atoms with Gasteiger partial charge in [0.05, 0.1) is 12.5 Å². The minimum absolute atomic E-state index is 0.0985. The molecule has 1 N–H and O–H groups in total. The molecule has 1 aliphatic heterocycles. The number of ether oxygens (including phenoxy) is 1. The fourth-order valence-electron chi connectivity index (χ4n) is 3.15. The molecule has 0 amide bonds. The lowest BCUT2D eigenvalue weighted by Crippen LogP contribution is -2.33. The van der Waals surface area contributed by atoms with Crippen LogP contribution >= 0.6 is 0 Å². The molecule has 1 fully saturated rings. The summed E-state index contributed by atoms with van der Waals surface area (Å²) in [6, 6.07) is 10.0. The van der Waals surface area contributed by atoms with E-state index in [9.17, 15) is 9.90 Å². The number of hydrogen-bond donors (Lipinski definition) is 1. The molecule has 0 radical (unpaired) electrons. The molecule has 2 aliphatic rings. The molecular formula is C19H22O3. The molecular weight excluding hydrogens is 276 g/mol. The van der Waals surface area contributed by atoms with Gasteiger partial charge in [0.1, 0.15) is 6.10 Å². The van der Waals surface area contributed by atoms with Crippen molar-refractivity contribution in [3.8, 4) is 0 Å². The summed E-state index contributed by atoms with van der Waals surface area (Å²) in [4.78, 5) is 11.7. The summed E-state index contributed by atoms with van der Waals surface area (Å²) in [6.07, 6.45) is 8.66. The summed E-state index contributed by atoms with van der Waals surface area (Å²) in [5.74, 6) is -0.316. The molecule has 1 aliphatic carbocycles. The second-order valence-electron chi connectivity index (χ2n) is 6.06. The van der Waals surface area contributed by atoms with Gasteiger partial charge in [0.25, 0.3) is 0 Å². The Hall–Kier alpha value is -1.87. The van der Waals surface area contributed by atoms with Crippen molar-refractivity contribution in [2.75, 3.05) is 0 Å². The fraction of sp³-hybridized carbons (Fsp3) is 0.421. The van der Waals surface area contributed by atoms with Gasteiger partial charge in [-0.25, -0.2) is 0 Å². The number of benzene rings is 1. The van der Waals surface area contributed by atoms with Crippen LogP contribution in [0.25, 0.3) is 5.57 Å². The molecule has 2 unspecified atom stereocenters. The van der Waals surface area contributed by atoms with Gasteiger partial charge in [-0.15, -0.1) is 0 Å². The van der Waals surface area contributed by atoms with E-state index in [0.29, 0.717) is 6.42 Å². The maximum atomic E-state index is 11.7. The van der Waals surface area contributed by atoms with Crippen molar-refractivity contribution >= 4 is 11.5 Å². The Labute approximate surface area is 131 Å². The molecule has 0 bridgehead atoms. The summed E-state index contributed by atoms with van der Waals surface area (Å²) in [7, 11) is 0. The Morgan fingerprint density at radius 2 is 2.05 bits per heavy atom. The van der Waals surface area contributed by atoms with Crippen LogP contribution in [0.4, 0.5) is 0 Å². The number of carbonyl (C=O) groups is 1. The molecule has 3 heteroatoms.